The molecule has 1 aromatic heterocycles. The Hall–Kier alpha value is -3.80. The van der Waals surface area contributed by atoms with Crippen molar-refractivity contribution in [2.75, 3.05) is 10.6 Å². The Labute approximate surface area is 149 Å². The van der Waals surface area contributed by atoms with E-state index in [-0.39, 0.29) is 11.8 Å². The van der Waals surface area contributed by atoms with Crippen LogP contribution in [-0.4, -0.2) is 11.8 Å². The normalized spacial score (nSPS) is 12.5. The number of carbonyl (C=O) groups is 2. The zero-order chi connectivity index (χ0) is 17.9. The van der Waals surface area contributed by atoms with Crippen LogP contribution in [0.2, 0.25) is 0 Å². The Balaban J connectivity index is 1.55. The third kappa shape index (κ3) is 3.21. The highest BCUT2D eigenvalue weighted by atomic mass is 16.5. The van der Waals surface area contributed by atoms with Gasteiger partial charge in [-0.1, -0.05) is 12.1 Å². The molecule has 0 saturated carbocycles. The highest BCUT2D eigenvalue weighted by Crippen LogP contribution is 2.36. The first-order chi connectivity index (χ1) is 12.7. The molecule has 2 heterocycles. The van der Waals surface area contributed by atoms with Gasteiger partial charge in [0.15, 0.2) is 5.75 Å². The molecule has 0 atom stereocenters. The van der Waals surface area contributed by atoms with Crippen LogP contribution in [0, 0.1) is 0 Å². The predicted molar refractivity (Wildman–Crippen MR) is 97.3 cm³/mol. The molecular weight excluding hydrogens is 332 g/mol. The van der Waals surface area contributed by atoms with Crippen LogP contribution in [0.25, 0.3) is 6.08 Å². The molecule has 6 nitrogen and oxygen atoms in total. The number of furan rings is 1. The van der Waals surface area contributed by atoms with Gasteiger partial charge in [-0.2, -0.15) is 0 Å². The van der Waals surface area contributed by atoms with Crippen LogP contribution in [0.15, 0.2) is 71.4 Å². The summed E-state index contributed by atoms with van der Waals surface area (Å²) in [6, 6.07) is 15.6. The van der Waals surface area contributed by atoms with Gasteiger partial charge in [0.2, 0.25) is 5.91 Å². The summed E-state index contributed by atoms with van der Waals surface area (Å²) in [5.74, 6) is 0.939. The van der Waals surface area contributed by atoms with Gasteiger partial charge in [0.25, 0.3) is 5.91 Å². The van der Waals surface area contributed by atoms with Crippen LogP contribution in [0.4, 0.5) is 11.4 Å². The molecule has 0 bridgehead atoms. The molecule has 0 spiro atoms. The summed E-state index contributed by atoms with van der Waals surface area (Å²) in [5.41, 5.74) is 1.43. The molecule has 0 saturated heterocycles. The number of ether oxygens (including phenoxy) is 1. The van der Waals surface area contributed by atoms with Crippen LogP contribution < -0.4 is 15.4 Å². The third-order valence-corrected chi connectivity index (χ3v) is 3.79. The third-order valence-electron chi connectivity index (χ3n) is 3.79. The highest BCUT2D eigenvalue weighted by molar-refractivity contribution is 6.09. The average Bonchev–Trinajstić information content (AvgIpc) is 3.11. The van der Waals surface area contributed by atoms with E-state index in [4.69, 9.17) is 9.15 Å². The average molecular weight is 346 g/mol. The summed E-state index contributed by atoms with van der Waals surface area (Å²) in [7, 11) is 0. The van der Waals surface area contributed by atoms with E-state index in [1.54, 1.807) is 48.5 Å². The topological polar surface area (TPSA) is 80.6 Å². The highest BCUT2D eigenvalue weighted by Gasteiger charge is 2.21. The number of amides is 2. The summed E-state index contributed by atoms with van der Waals surface area (Å²) >= 11 is 0. The first kappa shape index (κ1) is 15.7. The molecule has 6 heteroatoms. The molecule has 1 aliphatic heterocycles. The second kappa shape index (κ2) is 6.60. The monoisotopic (exact) mass is 346 g/mol. The zero-order valence-electron chi connectivity index (χ0n) is 13.6. The lowest BCUT2D eigenvalue weighted by Crippen LogP contribution is -2.12. The van der Waals surface area contributed by atoms with Crippen molar-refractivity contribution >= 4 is 29.3 Å². The molecule has 0 fully saturated rings. The van der Waals surface area contributed by atoms with Crippen LogP contribution in [0.3, 0.4) is 0 Å². The van der Waals surface area contributed by atoms with E-state index in [1.165, 1.54) is 12.3 Å². The van der Waals surface area contributed by atoms with E-state index >= 15 is 0 Å². The van der Waals surface area contributed by atoms with Crippen molar-refractivity contribution in [1.29, 1.82) is 0 Å². The Morgan fingerprint density at radius 1 is 1.04 bits per heavy atom. The molecule has 1 aliphatic rings. The minimum atomic E-state index is -0.334. The summed E-state index contributed by atoms with van der Waals surface area (Å²) in [5, 5.41) is 5.51. The van der Waals surface area contributed by atoms with Crippen molar-refractivity contribution in [3.8, 4) is 11.5 Å². The number of para-hydroxylation sites is 2. The minimum absolute atomic E-state index is 0.299. The molecule has 4 rings (SSSR count). The first-order valence-corrected chi connectivity index (χ1v) is 7.94. The second-order valence-corrected chi connectivity index (χ2v) is 5.60. The number of hydrogen-bond acceptors (Lipinski definition) is 4. The van der Waals surface area contributed by atoms with E-state index < -0.39 is 0 Å². The van der Waals surface area contributed by atoms with Gasteiger partial charge in [-0.25, -0.2) is 0 Å². The minimum Gasteiger partial charge on any atom is -0.465 e. The summed E-state index contributed by atoms with van der Waals surface area (Å²) in [6.07, 6.45) is 4.45. The van der Waals surface area contributed by atoms with Crippen LogP contribution >= 0.6 is 0 Å². The lowest BCUT2D eigenvalue weighted by atomic mass is 10.1. The van der Waals surface area contributed by atoms with Crippen molar-refractivity contribution in [2.24, 2.45) is 0 Å². The molecule has 0 aliphatic carbocycles. The van der Waals surface area contributed by atoms with E-state index in [9.17, 15) is 9.59 Å². The van der Waals surface area contributed by atoms with Crippen molar-refractivity contribution in [2.45, 2.75) is 0 Å². The molecule has 2 amide bonds. The fourth-order valence-electron chi connectivity index (χ4n) is 2.57. The maximum Gasteiger partial charge on any atom is 0.259 e. The predicted octanol–water partition coefficient (Wildman–Crippen LogP) is 4.29. The van der Waals surface area contributed by atoms with Crippen molar-refractivity contribution < 1.29 is 18.7 Å². The fraction of sp³-hybridized carbons (Fsp3) is 0. The molecule has 2 aromatic carbocycles. The van der Waals surface area contributed by atoms with Gasteiger partial charge < -0.3 is 19.8 Å². The molecule has 0 unspecified atom stereocenters. The molecule has 2 N–H and O–H groups in total. The summed E-state index contributed by atoms with van der Waals surface area (Å²) in [4.78, 5) is 24.5. The number of nitrogens with one attached hydrogen (secondary N) is 2. The first-order valence-electron chi connectivity index (χ1n) is 7.94. The van der Waals surface area contributed by atoms with Gasteiger partial charge in [0, 0.05) is 11.8 Å². The second-order valence-electron chi connectivity index (χ2n) is 5.60. The summed E-state index contributed by atoms with van der Waals surface area (Å²) < 4.78 is 10.9. The molecule has 128 valence electrons. The Bertz CT molecular complexity index is 1010. The van der Waals surface area contributed by atoms with Crippen LogP contribution in [0.5, 0.6) is 11.5 Å². The lowest BCUT2D eigenvalue weighted by Gasteiger charge is -2.09. The van der Waals surface area contributed by atoms with Gasteiger partial charge >= 0.3 is 0 Å². The van der Waals surface area contributed by atoms with Crippen molar-refractivity contribution in [3.63, 3.8) is 0 Å². The maximum atomic E-state index is 12.5. The fourth-order valence-corrected chi connectivity index (χ4v) is 2.57. The van der Waals surface area contributed by atoms with Crippen molar-refractivity contribution in [3.05, 3.63) is 78.3 Å². The lowest BCUT2D eigenvalue weighted by molar-refractivity contribution is -0.111. The number of benzene rings is 2. The number of anilines is 2. The van der Waals surface area contributed by atoms with E-state index in [2.05, 4.69) is 10.6 Å². The van der Waals surface area contributed by atoms with E-state index in [1.807, 2.05) is 12.1 Å². The Morgan fingerprint density at radius 3 is 2.77 bits per heavy atom. The zero-order valence-corrected chi connectivity index (χ0v) is 13.6. The van der Waals surface area contributed by atoms with Gasteiger partial charge in [-0.05, 0) is 48.5 Å². The van der Waals surface area contributed by atoms with E-state index in [0.717, 1.165) is 0 Å². The molecule has 26 heavy (non-hydrogen) atoms. The number of hydrogen-bond donors (Lipinski definition) is 2. The standard InChI is InChI=1S/C20H14N2O4/c23-19(10-8-14-4-3-11-25-14)21-13-7-9-17-15(12-13)20(24)22-16-5-1-2-6-18(16)26-17/h1-12H,(H,21,23)(H,22,24)/b10-8+. The largest absolute Gasteiger partial charge is 0.465 e. The van der Waals surface area contributed by atoms with Gasteiger partial charge in [-0.15, -0.1) is 0 Å². The van der Waals surface area contributed by atoms with Gasteiger partial charge in [0.1, 0.15) is 11.5 Å². The van der Waals surface area contributed by atoms with Crippen LogP contribution in [0.1, 0.15) is 16.1 Å². The van der Waals surface area contributed by atoms with Crippen molar-refractivity contribution in [1.82, 2.24) is 0 Å². The van der Waals surface area contributed by atoms with E-state index in [0.29, 0.717) is 34.2 Å². The molecule has 3 aromatic rings. The SMILES string of the molecule is O=C(/C=C/c1ccco1)Nc1ccc2c(c1)C(=O)Nc1ccccc1O2. The number of rotatable bonds is 3. The van der Waals surface area contributed by atoms with Gasteiger partial charge in [-0.3, -0.25) is 9.59 Å². The number of carbonyl (C=O) groups excluding carboxylic acids is 2. The summed E-state index contributed by atoms with van der Waals surface area (Å²) in [6.45, 7) is 0. The quantitative estimate of drug-likeness (QED) is 0.693. The Morgan fingerprint density at radius 2 is 1.92 bits per heavy atom. The van der Waals surface area contributed by atoms with Gasteiger partial charge in [0.05, 0.1) is 17.5 Å². The smallest absolute Gasteiger partial charge is 0.259 e. The Kier molecular flexibility index (Phi) is 3.99. The molecular formula is C20H14N2O4. The number of fused-ring (bicyclic) bond motifs is 2. The maximum absolute atomic E-state index is 12.5. The van der Waals surface area contributed by atoms with Crippen LogP contribution in [-0.2, 0) is 4.79 Å². The molecule has 0 radical (unpaired) electrons.